The molecule has 1 N–H and O–H groups in total. The minimum atomic E-state index is -0.179. The monoisotopic (exact) mass is 416 g/mol. The Hall–Kier alpha value is -3.80. The summed E-state index contributed by atoms with van der Waals surface area (Å²) < 4.78 is 16.7. The second kappa shape index (κ2) is 9.34. The van der Waals surface area contributed by atoms with E-state index in [1.807, 2.05) is 42.6 Å². The molecule has 0 aliphatic carbocycles. The van der Waals surface area contributed by atoms with Crippen molar-refractivity contribution in [1.82, 2.24) is 10.3 Å². The van der Waals surface area contributed by atoms with Crippen molar-refractivity contribution in [2.24, 2.45) is 0 Å². The van der Waals surface area contributed by atoms with Crippen molar-refractivity contribution in [1.29, 1.82) is 0 Å². The molecule has 1 unspecified atom stereocenters. The van der Waals surface area contributed by atoms with E-state index in [2.05, 4.69) is 16.4 Å². The maximum Gasteiger partial charge on any atom is 0.244 e. The SMILES string of the molecule is COc1ccc(/C=C/C(=O)NCC2Cc3cccc(-c4cccnc4)c3O2)cc1OC. The molecule has 0 spiro atoms. The number of methoxy groups -OCH3 is 2. The van der Waals surface area contributed by atoms with Crippen LogP contribution in [0.2, 0.25) is 0 Å². The minimum Gasteiger partial charge on any atom is -0.493 e. The molecule has 1 aliphatic heterocycles. The molecular weight excluding hydrogens is 392 g/mol. The molecule has 1 aliphatic rings. The van der Waals surface area contributed by atoms with E-state index in [0.29, 0.717) is 18.0 Å². The van der Waals surface area contributed by atoms with Crippen LogP contribution in [0, 0.1) is 0 Å². The Kier molecular flexibility index (Phi) is 6.17. The topological polar surface area (TPSA) is 69.7 Å². The van der Waals surface area contributed by atoms with Gasteiger partial charge >= 0.3 is 0 Å². The number of hydrogen-bond acceptors (Lipinski definition) is 5. The first-order chi connectivity index (χ1) is 15.2. The number of rotatable bonds is 7. The number of hydrogen-bond donors (Lipinski definition) is 1. The Balaban J connectivity index is 1.36. The van der Waals surface area contributed by atoms with Crippen LogP contribution >= 0.6 is 0 Å². The van der Waals surface area contributed by atoms with Crippen molar-refractivity contribution in [3.8, 4) is 28.4 Å². The van der Waals surface area contributed by atoms with E-state index >= 15 is 0 Å². The number of fused-ring (bicyclic) bond motifs is 1. The Morgan fingerprint density at radius 3 is 2.81 bits per heavy atom. The third-order valence-electron chi connectivity index (χ3n) is 5.14. The summed E-state index contributed by atoms with van der Waals surface area (Å²) in [5, 5.41) is 2.92. The first-order valence-electron chi connectivity index (χ1n) is 10.0. The first kappa shape index (κ1) is 20.5. The summed E-state index contributed by atoms with van der Waals surface area (Å²) in [6, 6.07) is 15.5. The molecule has 2 heterocycles. The molecule has 2 aromatic carbocycles. The van der Waals surface area contributed by atoms with Gasteiger partial charge in [-0.2, -0.15) is 0 Å². The lowest BCUT2D eigenvalue weighted by molar-refractivity contribution is -0.116. The van der Waals surface area contributed by atoms with Gasteiger partial charge in [-0.25, -0.2) is 0 Å². The summed E-state index contributed by atoms with van der Waals surface area (Å²) in [5.41, 5.74) is 4.02. The van der Waals surface area contributed by atoms with Crippen LogP contribution in [0.15, 0.2) is 67.0 Å². The standard InChI is InChI=1S/C25H24N2O4/c1-29-22-10-8-17(13-23(22)30-2)9-11-24(28)27-16-20-14-18-5-3-7-21(25(18)31-20)19-6-4-12-26-15-19/h3-13,15,20H,14,16H2,1-2H3,(H,27,28)/b11-9+. The zero-order chi connectivity index (χ0) is 21.6. The van der Waals surface area contributed by atoms with Crippen LogP contribution in [0.25, 0.3) is 17.2 Å². The Morgan fingerprint density at radius 2 is 2.03 bits per heavy atom. The van der Waals surface area contributed by atoms with Crippen molar-refractivity contribution in [2.45, 2.75) is 12.5 Å². The van der Waals surface area contributed by atoms with Crippen molar-refractivity contribution in [3.63, 3.8) is 0 Å². The molecule has 1 amide bonds. The van der Waals surface area contributed by atoms with Crippen LogP contribution in [0.1, 0.15) is 11.1 Å². The van der Waals surface area contributed by atoms with E-state index in [4.69, 9.17) is 14.2 Å². The molecule has 4 rings (SSSR count). The lowest BCUT2D eigenvalue weighted by Gasteiger charge is -2.13. The number of aromatic nitrogens is 1. The molecule has 0 fully saturated rings. The van der Waals surface area contributed by atoms with Gasteiger partial charge in [-0.15, -0.1) is 0 Å². The maximum atomic E-state index is 12.3. The highest BCUT2D eigenvalue weighted by atomic mass is 16.5. The zero-order valence-corrected chi connectivity index (χ0v) is 17.5. The molecule has 3 aromatic rings. The van der Waals surface area contributed by atoms with Crippen molar-refractivity contribution < 1.29 is 19.0 Å². The smallest absolute Gasteiger partial charge is 0.244 e. The third kappa shape index (κ3) is 4.69. The number of amides is 1. The number of carbonyl (C=O) groups excluding carboxylic acids is 1. The second-order valence-corrected chi connectivity index (χ2v) is 7.17. The van der Waals surface area contributed by atoms with E-state index < -0.39 is 0 Å². The highest BCUT2D eigenvalue weighted by Gasteiger charge is 2.25. The van der Waals surface area contributed by atoms with Crippen LogP contribution in [0.3, 0.4) is 0 Å². The molecule has 0 bridgehead atoms. The normalized spacial score (nSPS) is 14.7. The number of pyridine rings is 1. The fourth-order valence-electron chi connectivity index (χ4n) is 3.60. The molecule has 1 atom stereocenters. The summed E-state index contributed by atoms with van der Waals surface area (Å²) in [7, 11) is 3.17. The Morgan fingerprint density at radius 1 is 1.16 bits per heavy atom. The predicted octanol–water partition coefficient (Wildman–Crippen LogP) is 3.90. The third-order valence-corrected chi connectivity index (χ3v) is 5.14. The molecule has 6 heteroatoms. The quantitative estimate of drug-likeness (QED) is 0.592. The first-order valence-corrected chi connectivity index (χ1v) is 10.0. The van der Waals surface area contributed by atoms with Crippen molar-refractivity contribution >= 4 is 12.0 Å². The van der Waals surface area contributed by atoms with E-state index in [9.17, 15) is 4.79 Å². The summed E-state index contributed by atoms with van der Waals surface area (Å²) in [6.45, 7) is 0.427. The molecule has 0 saturated heterocycles. The van der Waals surface area contributed by atoms with E-state index in [1.54, 1.807) is 32.6 Å². The van der Waals surface area contributed by atoms with Gasteiger partial charge in [0.05, 0.1) is 20.8 Å². The summed E-state index contributed by atoms with van der Waals surface area (Å²) in [4.78, 5) is 16.5. The lowest BCUT2D eigenvalue weighted by Crippen LogP contribution is -2.33. The van der Waals surface area contributed by atoms with Crippen LogP contribution in [0.4, 0.5) is 0 Å². The van der Waals surface area contributed by atoms with Gasteiger partial charge in [0.1, 0.15) is 11.9 Å². The van der Waals surface area contributed by atoms with Gasteiger partial charge in [-0.1, -0.05) is 30.3 Å². The zero-order valence-electron chi connectivity index (χ0n) is 17.5. The molecule has 31 heavy (non-hydrogen) atoms. The van der Waals surface area contributed by atoms with Crippen LogP contribution in [-0.2, 0) is 11.2 Å². The summed E-state index contributed by atoms with van der Waals surface area (Å²) in [5.74, 6) is 1.96. The van der Waals surface area contributed by atoms with E-state index in [-0.39, 0.29) is 12.0 Å². The highest BCUT2D eigenvalue weighted by Crippen LogP contribution is 2.38. The average Bonchev–Trinajstić information content (AvgIpc) is 3.25. The lowest BCUT2D eigenvalue weighted by atomic mass is 10.0. The minimum absolute atomic E-state index is 0.105. The van der Waals surface area contributed by atoms with Gasteiger partial charge in [0.15, 0.2) is 11.5 Å². The number of nitrogens with one attached hydrogen (secondary N) is 1. The fraction of sp³-hybridized carbons (Fsp3) is 0.200. The summed E-state index contributed by atoms with van der Waals surface area (Å²) >= 11 is 0. The number of para-hydroxylation sites is 1. The predicted molar refractivity (Wildman–Crippen MR) is 119 cm³/mol. The van der Waals surface area contributed by atoms with Gasteiger partial charge in [0, 0.05) is 36.0 Å². The maximum absolute atomic E-state index is 12.3. The Labute approximate surface area is 181 Å². The molecule has 6 nitrogen and oxygen atoms in total. The second-order valence-electron chi connectivity index (χ2n) is 7.17. The molecular formula is C25H24N2O4. The number of ether oxygens (including phenoxy) is 3. The van der Waals surface area contributed by atoms with Crippen LogP contribution in [-0.4, -0.2) is 37.8 Å². The van der Waals surface area contributed by atoms with E-state index in [1.165, 1.54) is 6.08 Å². The average molecular weight is 416 g/mol. The number of carbonyl (C=O) groups is 1. The number of benzene rings is 2. The van der Waals surface area contributed by atoms with Gasteiger partial charge in [-0.05, 0) is 35.4 Å². The van der Waals surface area contributed by atoms with Crippen molar-refractivity contribution in [2.75, 3.05) is 20.8 Å². The number of nitrogens with zero attached hydrogens (tertiary/aromatic N) is 1. The van der Waals surface area contributed by atoms with Gasteiger partial charge in [0.25, 0.3) is 0 Å². The van der Waals surface area contributed by atoms with Gasteiger partial charge in [-0.3, -0.25) is 9.78 Å². The van der Waals surface area contributed by atoms with Gasteiger partial charge in [0.2, 0.25) is 5.91 Å². The van der Waals surface area contributed by atoms with Gasteiger partial charge < -0.3 is 19.5 Å². The fourth-order valence-corrected chi connectivity index (χ4v) is 3.60. The van der Waals surface area contributed by atoms with Crippen molar-refractivity contribution in [3.05, 3.63) is 78.1 Å². The Bertz CT molecular complexity index is 1100. The molecule has 0 radical (unpaired) electrons. The van der Waals surface area contributed by atoms with E-state index in [0.717, 1.165) is 34.4 Å². The van der Waals surface area contributed by atoms with Crippen LogP contribution < -0.4 is 19.5 Å². The van der Waals surface area contributed by atoms with Crippen LogP contribution in [0.5, 0.6) is 17.2 Å². The largest absolute Gasteiger partial charge is 0.493 e. The highest BCUT2D eigenvalue weighted by molar-refractivity contribution is 5.91. The molecule has 158 valence electrons. The summed E-state index contributed by atoms with van der Waals surface area (Å²) in [6.07, 6.45) is 7.47. The molecule has 1 aromatic heterocycles. The molecule has 0 saturated carbocycles.